The van der Waals surface area contributed by atoms with Gasteiger partial charge in [0, 0.05) is 13.1 Å². The zero-order chi connectivity index (χ0) is 12.5. The average molecular weight is 242 g/mol. The van der Waals surface area contributed by atoms with Gasteiger partial charge >= 0.3 is 0 Å². The Bertz CT molecular complexity index is 568. The molecule has 18 heavy (non-hydrogen) atoms. The van der Waals surface area contributed by atoms with Crippen molar-refractivity contribution in [2.75, 3.05) is 11.4 Å². The fourth-order valence-electron chi connectivity index (χ4n) is 2.66. The van der Waals surface area contributed by atoms with Crippen LogP contribution in [0.4, 0.5) is 10.1 Å². The lowest BCUT2D eigenvalue weighted by Crippen LogP contribution is -2.28. The van der Waals surface area contributed by atoms with Crippen molar-refractivity contribution < 1.29 is 4.39 Å². The van der Waals surface area contributed by atoms with Gasteiger partial charge in [0.1, 0.15) is 5.82 Å². The van der Waals surface area contributed by atoms with Crippen molar-refractivity contribution in [3.63, 3.8) is 0 Å². The first kappa shape index (κ1) is 11.2. The minimum Gasteiger partial charge on any atom is -0.356 e. The predicted octanol–water partition coefficient (Wildman–Crippen LogP) is 2.85. The highest BCUT2D eigenvalue weighted by molar-refractivity contribution is 5.55. The van der Waals surface area contributed by atoms with Gasteiger partial charge in [0.15, 0.2) is 0 Å². The second-order valence-electron chi connectivity index (χ2n) is 4.53. The first-order valence-electron chi connectivity index (χ1n) is 6.10. The Balaban J connectivity index is 2.04. The molecule has 1 atom stereocenters. The molecular formula is C15H15FN2. The average Bonchev–Trinajstić information content (AvgIpc) is 2.77. The summed E-state index contributed by atoms with van der Waals surface area (Å²) in [5, 5.41) is 0. The predicted molar refractivity (Wildman–Crippen MR) is 70.8 cm³/mol. The number of hydrogen-bond donors (Lipinski definition) is 1. The van der Waals surface area contributed by atoms with Crippen LogP contribution in [0.1, 0.15) is 17.2 Å². The molecule has 1 heterocycles. The van der Waals surface area contributed by atoms with Crippen LogP contribution in [0.5, 0.6) is 0 Å². The van der Waals surface area contributed by atoms with Crippen molar-refractivity contribution in [1.29, 1.82) is 0 Å². The molecular weight excluding hydrogens is 227 g/mol. The molecule has 0 saturated carbocycles. The van der Waals surface area contributed by atoms with Crippen molar-refractivity contribution in [2.24, 2.45) is 5.73 Å². The summed E-state index contributed by atoms with van der Waals surface area (Å²) in [6.07, 6.45) is 0. The third-order valence-electron chi connectivity index (χ3n) is 3.52. The lowest BCUT2D eigenvalue weighted by atomic mass is 10.1. The molecule has 2 aromatic carbocycles. The summed E-state index contributed by atoms with van der Waals surface area (Å²) in [5.74, 6) is -0.191. The van der Waals surface area contributed by atoms with Crippen LogP contribution in [0.25, 0.3) is 0 Å². The smallest absolute Gasteiger partial charge is 0.146 e. The van der Waals surface area contributed by atoms with E-state index >= 15 is 0 Å². The maximum atomic E-state index is 13.9. The molecule has 1 aliphatic heterocycles. The lowest BCUT2D eigenvalue weighted by Gasteiger charge is -2.26. The first-order valence-corrected chi connectivity index (χ1v) is 6.10. The number of rotatable bonds is 2. The highest BCUT2D eigenvalue weighted by atomic mass is 19.1. The Morgan fingerprint density at radius 3 is 2.61 bits per heavy atom. The summed E-state index contributed by atoms with van der Waals surface area (Å²) >= 11 is 0. The van der Waals surface area contributed by atoms with E-state index in [0.717, 1.165) is 6.54 Å². The van der Waals surface area contributed by atoms with Crippen molar-refractivity contribution in [1.82, 2.24) is 0 Å². The van der Waals surface area contributed by atoms with E-state index in [4.69, 9.17) is 5.73 Å². The third kappa shape index (κ3) is 1.68. The number of nitrogens with two attached hydrogens (primary N) is 1. The van der Waals surface area contributed by atoms with Crippen LogP contribution >= 0.6 is 0 Å². The van der Waals surface area contributed by atoms with Gasteiger partial charge in [-0.1, -0.05) is 36.4 Å². The fourth-order valence-corrected chi connectivity index (χ4v) is 2.66. The summed E-state index contributed by atoms with van der Waals surface area (Å²) in [6, 6.07) is 15.1. The van der Waals surface area contributed by atoms with E-state index in [-0.39, 0.29) is 11.9 Å². The molecule has 0 radical (unpaired) electrons. The van der Waals surface area contributed by atoms with Gasteiger partial charge in [-0.25, -0.2) is 4.39 Å². The molecule has 1 aliphatic rings. The van der Waals surface area contributed by atoms with Gasteiger partial charge in [0.25, 0.3) is 0 Å². The molecule has 3 rings (SSSR count). The summed E-state index contributed by atoms with van der Waals surface area (Å²) in [7, 11) is 0. The topological polar surface area (TPSA) is 29.3 Å². The first-order chi connectivity index (χ1) is 8.81. The molecule has 0 saturated heterocycles. The van der Waals surface area contributed by atoms with E-state index in [1.54, 1.807) is 6.07 Å². The molecule has 92 valence electrons. The summed E-state index contributed by atoms with van der Waals surface area (Å²) in [4.78, 5) is 2.04. The summed E-state index contributed by atoms with van der Waals surface area (Å²) < 4.78 is 13.9. The van der Waals surface area contributed by atoms with Crippen LogP contribution in [0.2, 0.25) is 0 Å². The fraction of sp³-hybridized carbons (Fsp3) is 0.200. The summed E-state index contributed by atoms with van der Waals surface area (Å²) in [5.41, 5.74) is 8.94. The molecule has 1 unspecified atom stereocenters. The van der Waals surface area contributed by atoms with Crippen LogP contribution < -0.4 is 10.6 Å². The standard InChI is InChI=1S/C15H15FN2/c16-13-7-3-4-8-14(13)18-10-11-5-1-2-6-12(11)15(18)9-17/h1-8,15H,9-10,17H2. The zero-order valence-corrected chi connectivity index (χ0v) is 10.0. The maximum Gasteiger partial charge on any atom is 0.146 e. The van der Waals surface area contributed by atoms with Crippen LogP contribution in [0.15, 0.2) is 48.5 Å². The van der Waals surface area contributed by atoms with E-state index in [9.17, 15) is 4.39 Å². The van der Waals surface area contributed by atoms with Crippen molar-refractivity contribution in [3.8, 4) is 0 Å². The van der Waals surface area contributed by atoms with E-state index in [2.05, 4.69) is 12.1 Å². The van der Waals surface area contributed by atoms with Crippen LogP contribution in [-0.2, 0) is 6.54 Å². The number of hydrogen-bond acceptors (Lipinski definition) is 2. The second-order valence-corrected chi connectivity index (χ2v) is 4.53. The molecule has 0 spiro atoms. The normalized spacial score (nSPS) is 17.9. The van der Waals surface area contributed by atoms with Gasteiger partial charge in [-0.3, -0.25) is 0 Å². The highest BCUT2D eigenvalue weighted by Crippen LogP contribution is 2.37. The number of anilines is 1. The molecule has 3 heteroatoms. The summed E-state index contributed by atoms with van der Waals surface area (Å²) in [6.45, 7) is 1.21. The molecule has 0 fully saturated rings. The van der Waals surface area contributed by atoms with Gasteiger partial charge in [-0.05, 0) is 23.3 Å². The van der Waals surface area contributed by atoms with Gasteiger partial charge in [0.05, 0.1) is 11.7 Å². The van der Waals surface area contributed by atoms with Gasteiger partial charge in [0.2, 0.25) is 0 Å². The highest BCUT2D eigenvalue weighted by Gasteiger charge is 2.30. The molecule has 0 bridgehead atoms. The molecule has 2 nitrogen and oxygen atoms in total. The Morgan fingerprint density at radius 2 is 1.83 bits per heavy atom. The lowest BCUT2D eigenvalue weighted by molar-refractivity contribution is 0.600. The third-order valence-corrected chi connectivity index (χ3v) is 3.52. The second kappa shape index (κ2) is 4.42. The van der Waals surface area contributed by atoms with E-state index in [1.165, 1.54) is 17.2 Å². The Kier molecular flexibility index (Phi) is 2.76. The largest absolute Gasteiger partial charge is 0.356 e. The Hall–Kier alpha value is -1.87. The minimum atomic E-state index is -0.191. The Labute approximate surface area is 106 Å². The molecule has 0 aromatic heterocycles. The van der Waals surface area contributed by atoms with Crippen LogP contribution in [0, 0.1) is 5.82 Å². The van der Waals surface area contributed by atoms with Gasteiger partial charge < -0.3 is 10.6 Å². The van der Waals surface area contributed by atoms with E-state index < -0.39 is 0 Å². The zero-order valence-electron chi connectivity index (χ0n) is 10.0. The maximum absolute atomic E-state index is 13.9. The van der Waals surface area contributed by atoms with Crippen molar-refractivity contribution in [3.05, 3.63) is 65.5 Å². The Morgan fingerprint density at radius 1 is 1.11 bits per heavy atom. The molecule has 2 aromatic rings. The quantitative estimate of drug-likeness (QED) is 0.877. The minimum absolute atomic E-state index is 0.0677. The number of benzene rings is 2. The molecule has 2 N–H and O–H groups in total. The van der Waals surface area contributed by atoms with Crippen molar-refractivity contribution in [2.45, 2.75) is 12.6 Å². The van der Waals surface area contributed by atoms with Crippen LogP contribution in [0.3, 0.4) is 0 Å². The number of halogens is 1. The molecule has 0 aliphatic carbocycles. The van der Waals surface area contributed by atoms with E-state index in [1.807, 2.05) is 29.2 Å². The van der Waals surface area contributed by atoms with E-state index in [0.29, 0.717) is 12.2 Å². The SMILES string of the molecule is NCC1c2ccccc2CN1c1ccccc1F. The number of fused-ring (bicyclic) bond motifs is 1. The van der Waals surface area contributed by atoms with Crippen LogP contribution in [-0.4, -0.2) is 6.54 Å². The monoisotopic (exact) mass is 242 g/mol. The van der Waals surface area contributed by atoms with Gasteiger partial charge in [-0.2, -0.15) is 0 Å². The number of para-hydroxylation sites is 1. The van der Waals surface area contributed by atoms with Crippen molar-refractivity contribution >= 4 is 5.69 Å². The number of nitrogens with zero attached hydrogens (tertiary/aromatic N) is 1. The van der Waals surface area contributed by atoms with Gasteiger partial charge in [-0.15, -0.1) is 0 Å². The molecule has 0 amide bonds.